The Kier molecular flexibility index (Phi) is 3.42. The van der Waals surface area contributed by atoms with Crippen LogP contribution in [0, 0.1) is 11.3 Å². The van der Waals surface area contributed by atoms with Crippen molar-refractivity contribution in [2.24, 2.45) is 11.3 Å². The van der Waals surface area contributed by atoms with Crippen molar-refractivity contribution in [3.05, 3.63) is 23.8 Å². The number of rotatable bonds is 3. The summed E-state index contributed by atoms with van der Waals surface area (Å²) >= 11 is 0. The van der Waals surface area contributed by atoms with Gasteiger partial charge in [-0.05, 0) is 55.6 Å². The molecule has 0 bridgehead atoms. The standard InChI is InChI=1S/C17H25NO/c1-17(2)9-8-13(11-17)12-19-16-7-3-6-15-14(16)5-4-10-18-15/h3,6-7,13,18H,4-5,8-12H2,1-2H3. The van der Waals surface area contributed by atoms with Crippen molar-refractivity contribution in [1.82, 2.24) is 0 Å². The monoisotopic (exact) mass is 259 g/mol. The normalized spacial score (nSPS) is 24.6. The number of fused-ring (bicyclic) bond motifs is 1. The first-order valence-electron chi connectivity index (χ1n) is 7.63. The summed E-state index contributed by atoms with van der Waals surface area (Å²) in [5, 5.41) is 3.46. The van der Waals surface area contributed by atoms with Gasteiger partial charge in [-0.1, -0.05) is 19.9 Å². The third-order valence-corrected chi connectivity index (χ3v) is 4.60. The zero-order valence-corrected chi connectivity index (χ0v) is 12.2. The van der Waals surface area contributed by atoms with Crippen molar-refractivity contribution in [3.63, 3.8) is 0 Å². The molecule has 0 radical (unpaired) electrons. The van der Waals surface area contributed by atoms with Crippen LogP contribution in [0.4, 0.5) is 5.69 Å². The number of hydrogen-bond donors (Lipinski definition) is 1. The Morgan fingerprint density at radius 1 is 1.37 bits per heavy atom. The summed E-state index contributed by atoms with van der Waals surface area (Å²) in [7, 11) is 0. The minimum atomic E-state index is 0.520. The molecule has 104 valence electrons. The van der Waals surface area contributed by atoms with Gasteiger partial charge in [0.05, 0.1) is 6.61 Å². The van der Waals surface area contributed by atoms with Gasteiger partial charge in [0.15, 0.2) is 0 Å². The maximum absolute atomic E-state index is 6.14. The van der Waals surface area contributed by atoms with Gasteiger partial charge >= 0.3 is 0 Å². The van der Waals surface area contributed by atoms with E-state index in [9.17, 15) is 0 Å². The smallest absolute Gasteiger partial charge is 0.124 e. The summed E-state index contributed by atoms with van der Waals surface area (Å²) in [4.78, 5) is 0. The highest BCUT2D eigenvalue weighted by atomic mass is 16.5. The van der Waals surface area contributed by atoms with Gasteiger partial charge in [0, 0.05) is 17.8 Å². The van der Waals surface area contributed by atoms with E-state index in [-0.39, 0.29) is 0 Å². The molecule has 0 aromatic heterocycles. The first-order chi connectivity index (χ1) is 9.14. The Balaban J connectivity index is 1.64. The molecule has 2 nitrogen and oxygen atoms in total. The molecule has 1 unspecified atom stereocenters. The van der Waals surface area contributed by atoms with Crippen LogP contribution in [0.3, 0.4) is 0 Å². The van der Waals surface area contributed by atoms with Crippen LogP contribution in [0.25, 0.3) is 0 Å². The zero-order chi connectivity index (χ0) is 13.3. The molecule has 1 N–H and O–H groups in total. The lowest BCUT2D eigenvalue weighted by atomic mass is 9.91. The predicted octanol–water partition coefficient (Wildman–Crippen LogP) is 4.25. The van der Waals surface area contributed by atoms with Gasteiger partial charge in [-0.3, -0.25) is 0 Å². The molecule has 1 aliphatic heterocycles. The number of benzene rings is 1. The third kappa shape index (κ3) is 2.88. The van der Waals surface area contributed by atoms with Gasteiger partial charge < -0.3 is 10.1 Å². The summed E-state index contributed by atoms with van der Waals surface area (Å²) in [5.41, 5.74) is 3.17. The van der Waals surface area contributed by atoms with Crippen LogP contribution >= 0.6 is 0 Å². The fourth-order valence-corrected chi connectivity index (χ4v) is 3.54. The van der Waals surface area contributed by atoms with E-state index in [1.165, 1.54) is 36.9 Å². The minimum Gasteiger partial charge on any atom is -0.493 e. The number of hydrogen-bond acceptors (Lipinski definition) is 2. The average Bonchev–Trinajstić information content (AvgIpc) is 2.76. The Labute approximate surface area is 116 Å². The Morgan fingerprint density at radius 2 is 2.26 bits per heavy atom. The lowest BCUT2D eigenvalue weighted by Crippen LogP contribution is -2.15. The van der Waals surface area contributed by atoms with Crippen molar-refractivity contribution in [2.45, 2.75) is 46.0 Å². The van der Waals surface area contributed by atoms with Crippen LogP contribution in [0.5, 0.6) is 5.75 Å². The molecule has 1 aromatic carbocycles. The molecule has 2 aliphatic rings. The molecular weight excluding hydrogens is 234 g/mol. The second kappa shape index (κ2) is 5.07. The van der Waals surface area contributed by atoms with Crippen molar-refractivity contribution in [1.29, 1.82) is 0 Å². The molecule has 1 atom stereocenters. The van der Waals surface area contributed by atoms with Gasteiger partial charge in [-0.2, -0.15) is 0 Å². The van der Waals surface area contributed by atoms with E-state index in [0.717, 1.165) is 31.2 Å². The molecule has 0 spiro atoms. The van der Waals surface area contributed by atoms with E-state index in [0.29, 0.717) is 5.41 Å². The summed E-state index contributed by atoms with van der Waals surface area (Å²) in [6, 6.07) is 6.40. The summed E-state index contributed by atoms with van der Waals surface area (Å²) in [6.45, 7) is 6.73. The van der Waals surface area contributed by atoms with Crippen LogP contribution in [0.2, 0.25) is 0 Å². The topological polar surface area (TPSA) is 21.3 Å². The minimum absolute atomic E-state index is 0.520. The van der Waals surface area contributed by atoms with Gasteiger partial charge in [-0.25, -0.2) is 0 Å². The van der Waals surface area contributed by atoms with Crippen LogP contribution in [-0.4, -0.2) is 13.2 Å². The second-order valence-electron chi connectivity index (χ2n) is 6.90. The van der Waals surface area contributed by atoms with Crippen molar-refractivity contribution in [2.75, 3.05) is 18.5 Å². The second-order valence-corrected chi connectivity index (χ2v) is 6.90. The summed E-state index contributed by atoms with van der Waals surface area (Å²) in [5.74, 6) is 1.84. The Bertz CT molecular complexity index is 453. The molecule has 0 saturated heterocycles. The first kappa shape index (κ1) is 12.8. The molecule has 1 aromatic rings. The van der Waals surface area contributed by atoms with Crippen LogP contribution in [0.1, 0.15) is 45.1 Å². The van der Waals surface area contributed by atoms with E-state index in [2.05, 4.69) is 37.4 Å². The zero-order valence-electron chi connectivity index (χ0n) is 12.2. The van der Waals surface area contributed by atoms with E-state index in [4.69, 9.17) is 4.74 Å². The van der Waals surface area contributed by atoms with Gasteiger partial charge in [0.25, 0.3) is 0 Å². The number of nitrogens with one attached hydrogen (secondary N) is 1. The third-order valence-electron chi connectivity index (χ3n) is 4.60. The van der Waals surface area contributed by atoms with Crippen molar-refractivity contribution in [3.8, 4) is 5.75 Å². The Morgan fingerprint density at radius 3 is 3.05 bits per heavy atom. The summed E-state index contributed by atoms with van der Waals surface area (Å²) in [6.07, 6.45) is 6.33. The number of anilines is 1. The average molecular weight is 259 g/mol. The SMILES string of the molecule is CC1(C)CCC(COc2cccc3c2CCCN3)C1. The van der Waals surface area contributed by atoms with E-state index in [1.807, 2.05) is 0 Å². The molecular formula is C17H25NO. The largest absolute Gasteiger partial charge is 0.493 e. The fraction of sp³-hybridized carbons (Fsp3) is 0.647. The quantitative estimate of drug-likeness (QED) is 0.876. The molecule has 1 saturated carbocycles. The van der Waals surface area contributed by atoms with E-state index in [1.54, 1.807) is 0 Å². The van der Waals surface area contributed by atoms with Crippen LogP contribution in [0.15, 0.2) is 18.2 Å². The highest BCUT2D eigenvalue weighted by Gasteiger charge is 2.31. The lowest BCUT2D eigenvalue weighted by molar-refractivity contribution is 0.236. The van der Waals surface area contributed by atoms with Crippen molar-refractivity contribution < 1.29 is 4.74 Å². The van der Waals surface area contributed by atoms with Crippen LogP contribution < -0.4 is 10.1 Å². The highest BCUT2D eigenvalue weighted by molar-refractivity contribution is 5.59. The molecule has 1 heterocycles. The fourth-order valence-electron chi connectivity index (χ4n) is 3.54. The van der Waals surface area contributed by atoms with Crippen molar-refractivity contribution >= 4 is 5.69 Å². The molecule has 1 fully saturated rings. The maximum Gasteiger partial charge on any atom is 0.124 e. The Hall–Kier alpha value is -1.18. The molecule has 19 heavy (non-hydrogen) atoms. The first-order valence-corrected chi connectivity index (χ1v) is 7.63. The molecule has 1 aliphatic carbocycles. The van der Waals surface area contributed by atoms with Gasteiger partial charge in [0.2, 0.25) is 0 Å². The maximum atomic E-state index is 6.14. The predicted molar refractivity (Wildman–Crippen MR) is 79.9 cm³/mol. The molecule has 3 rings (SSSR count). The lowest BCUT2D eigenvalue weighted by Gasteiger charge is -2.22. The summed E-state index contributed by atoms with van der Waals surface area (Å²) < 4.78 is 6.14. The van der Waals surface area contributed by atoms with Gasteiger partial charge in [-0.15, -0.1) is 0 Å². The van der Waals surface area contributed by atoms with E-state index >= 15 is 0 Å². The molecule has 2 heteroatoms. The van der Waals surface area contributed by atoms with E-state index < -0.39 is 0 Å². The molecule has 0 amide bonds. The highest BCUT2D eigenvalue weighted by Crippen LogP contribution is 2.41. The van der Waals surface area contributed by atoms with Crippen LogP contribution in [-0.2, 0) is 6.42 Å². The number of ether oxygens (including phenoxy) is 1. The van der Waals surface area contributed by atoms with Gasteiger partial charge in [0.1, 0.15) is 5.75 Å².